The quantitative estimate of drug-likeness (QED) is 0.816. The van der Waals surface area contributed by atoms with Crippen LogP contribution in [-0.4, -0.2) is 37.8 Å². The molecule has 0 radical (unpaired) electrons. The van der Waals surface area contributed by atoms with Gasteiger partial charge in [0, 0.05) is 23.0 Å². The fourth-order valence-electron chi connectivity index (χ4n) is 5.01. The summed E-state index contributed by atoms with van der Waals surface area (Å²) in [6.45, 7) is 6.11. The van der Waals surface area contributed by atoms with Crippen LogP contribution in [0.3, 0.4) is 0 Å². The van der Waals surface area contributed by atoms with Gasteiger partial charge in [0.15, 0.2) is 0 Å². The van der Waals surface area contributed by atoms with Crippen LogP contribution in [0.15, 0.2) is 5.16 Å². The highest BCUT2D eigenvalue weighted by Gasteiger charge is 2.42. The minimum Gasteiger partial charge on any atom is -0.353 e. The summed E-state index contributed by atoms with van der Waals surface area (Å²) in [5, 5.41) is 8.42. The molecule has 7 heteroatoms. The third kappa shape index (κ3) is 3.10. The zero-order valence-corrected chi connectivity index (χ0v) is 16.8. The Kier molecular flexibility index (Phi) is 4.67. The number of nitrogens with one attached hydrogen (secondary N) is 1. The van der Waals surface area contributed by atoms with Crippen molar-refractivity contribution in [3.05, 3.63) is 17.0 Å². The summed E-state index contributed by atoms with van der Waals surface area (Å²) in [5.41, 5.74) is 2.76. The summed E-state index contributed by atoms with van der Waals surface area (Å²) in [6, 6.07) is 0.254. The van der Waals surface area contributed by atoms with Gasteiger partial charge in [-0.25, -0.2) is 9.50 Å². The minimum absolute atomic E-state index is 0.0813. The SMILES string of the molecule is CSc1nc2nc(C)c(CC(=O)N[C@H](C)[C@H]3C[C@H]4CC[C@H]3C4)c(C)n2n1. The Morgan fingerprint density at radius 3 is 2.77 bits per heavy atom. The van der Waals surface area contributed by atoms with Crippen LogP contribution in [0.1, 0.15) is 49.6 Å². The van der Waals surface area contributed by atoms with Crippen molar-refractivity contribution in [2.75, 3.05) is 6.26 Å². The number of carbonyl (C=O) groups is 1. The van der Waals surface area contributed by atoms with Gasteiger partial charge in [0.1, 0.15) is 0 Å². The normalized spacial score (nSPS) is 25.8. The van der Waals surface area contributed by atoms with E-state index in [4.69, 9.17) is 0 Å². The van der Waals surface area contributed by atoms with Gasteiger partial charge in [-0.05, 0) is 64.0 Å². The lowest BCUT2D eigenvalue weighted by Crippen LogP contribution is -2.41. The fraction of sp³-hybridized carbons (Fsp3) is 0.684. The van der Waals surface area contributed by atoms with Crippen LogP contribution in [0.25, 0.3) is 5.78 Å². The van der Waals surface area contributed by atoms with Gasteiger partial charge < -0.3 is 5.32 Å². The van der Waals surface area contributed by atoms with Gasteiger partial charge in [0.25, 0.3) is 5.78 Å². The van der Waals surface area contributed by atoms with Crippen LogP contribution in [0.2, 0.25) is 0 Å². The summed E-state index contributed by atoms with van der Waals surface area (Å²) in [5.74, 6) is 3.05. The van der Waals surface area contributed by atoms with E-state index in [9.17, 15) is 4.79 Å². The van der Waals surface area contributed by atoms with E-state index in [1.54, 1.807) is 4.52 Å². The van der Waals surface area contributed by atoms with E-state index in [0.717, 1.165) is 28.8 Å². The van der Waals surface area contributed by atoms with Gasteiger partial charge in [-0.3, -0.25) is 4.79 Å². The molecule has 1 amide bonds. The molecule has 2 bridgehead atoms. The lowest BCUT2D eigenvalue weighted by molar-refractivity contribution is -0.121. The standard InChI is InChI=1S/C19H27N5OS/c1-10-15(12(3)24-18(21-10)22-19(23-24)26-4)9-17(25)20-11(2)16-8-13-5-6-14(16)7-13/h11,13-14,16H,5-9H2,1-4H3,(H,20,25)/t11-,13+,14+,16-/m1/s1. The molecule has 2 aliphatic carbocycles. The molecule has 2 saturated carbocycles. The van der Waals surface area contributed by atoms with E-state index in [-0.39, 0.29) is 11.9 Å². The maximum Gasteiger partial charge on any atom is 0.253 e. The number of hydrogen-bond donors (Lipinski definition) is 1. The summed E-state index contributed by atoms with van der Waals surface area (Å²) < 4.78 is 1.75. The molecule has 1 N–H and O–H groups in total. The zero-order chi connectivity index (χ0) is 18.4. The number of rotatable bonds is 5. The Hall–Kier alpha value is -1.63. The molecule has 0 aromatic carbocycles. The van der Waals surface area contributed by atoms with Gasteiger partial charge in [-0.2, -0.15) is 4.98 Å². The smallest absolute Gasteiger partial charge is 0.253 e. The predicted molar refractivity (Wildman–Crippen MR) is 102 cm³/mol. The monoisotopic (exact) mass is 373 g/mol. The number of thioether (sulfide) groups is 1. The first-order valence-corrected chi connectivity index (χ1v) is 10.7. The van der Waals surface area contributed by atoms with E-state index >= 15 is 0 Å². The molecule has 4 rings (SSSR count). The maximum atomic E-state index is 12.7. The molecule has 26 heavy (non-hydrogen) atoms. The third-order valence-electron chi connectivity index (χ3n) is 6.37. The first kappa shape index (κ1) is 17.8. The van der Waals surface area contributed by atoms with Crippen LogP contribution in [0, 0.1) is 31.6 Å². The van der Waals surface area contributed by atoms with Crippen LogP contribution in [-0.2, 0) is 11.2 Å². The molecule has 2 fully saturated rings. The first-order valence-electron chi connectivity index (χ1n) is 9.52. The Balaban J connectivity index is 1.48. The summed E-state index contributed by atoms with van der Waals surface area (Å²) in [6.07, 6.45) is 7.69. The first-order chi connectivity index (χ1) is 12.5. The zero-order valence-electron chi connectivity index (χ0n) is 16.0. The van der Waals surface area contributed by atoms with E-state index in [1.165, 1.54) is 37.4 Å². The average Bonchev–Trinajstić information content (AvgIpc) is 3.33. The van der Waals surface area contributed by atoms with Gasteiger partial charge in [-0.1, -0.05) is 18.2 Å². The topological polar surface area (TPSA) is 72.2 Å². The van der Waals surface area contributed by atoms with E-state index in [1.807, 2.05) is 20.1 Å². The highest BCUT2D eigenvalue weighted by atomic mass is 32.2. The summed E-state index contributed by atoms with van der Waals surface area (Å²) >= 11 is 1.49. The van der Waals surface area contributed by atoms with Crippen LogP contribution in [0.4, 0.5) is 0 Å². The van der Waals surface area contributed by atoms with Crippen molar-refractivity contribution in [2.24, 2.45) is 17.8 Å². The number of fused-ring (bicyclic) bond motifs is 3. The molecule has 6 nitrogen and oxygen atoms in total. The molecular weight excluding hydrogens is 346 g/mol. The number of amides is 1. The van der Waals surface area contributed by atoms with Crippen molar-refractivity contribution < 1.29 is 4.79 Å². The van der Waals surface area contributed by atoms with Gasteiger partial charge in [0.05, 0.1) is 6.42 Å². The second kappa shape index (κ2) is 6.83. The van der Waals surface area contributed by atoms with E-state index < -0.39 is 0 Å². The molecule has 2 heterocycles. The minimum atomic E-state index is 0.0813. The number of hydrogen-bond acceptors (Lipinski definition) is 5. The summed E-state index contributed by atoms with van der Waals surface area (Å²) in [7, 11) is 0. The molecule has 140 valence electrons. The highest BCUT2D eigenvalue weighted by molar-refractivity contribution is 7.98. The molecule has 0 aliphatic heterocycles. The molecular formula is C19H27N5OS. The molecule has 0 saturated heterocycles. The van der Waals surface area contributed by atoms with Crippen molar-refractivity contribution in [3.8, 4) is 0 Å². The highest BCUT2D eigenvalue weighted by Crippen LogP contribution is 2.49. The van der Waals surface area contributed by atoms with Crippen molar-refractivity contribution in [1.82, 2.24) is 24.9 Å². The number of aryl methyl sites for hydroxylation is 2. The Morgan fingerprint density at radius 2 is 2.12 bits per heavy atom. The Morgan fingerprint density at radius 1 is 1.31 bits per heavy atom. The van der Waals surface area contributed by atoms with Crippen LogP contribution in [0.5, 0.6) is 0 Å². The number of carbonyl (C=O) groups excluding carboxylic acids is 1. The van der Waals surface area contributed by atoms with Crippen molar-refractivity contribution in [1.29, 1.82) is 0 Å². The van der Waals surface area contributed by atoms with Crippen molar-refractivity contribution >= 4 is 23.4 Å². The Labute approximate surface area is 158 Å². The van der Waals surface area contributed by atoms with Gasteiger partial charge >= 0.3 is 0 Å². The number of nitrogens with zero attached hydrogens (tertiary/aromatic N) is 4. The fourth-order valence-corrected chi connectivity index (χ4v) is 5.35. The molecule has 4 atom stereocenters. The third-order valence-corrected chi connectivity index (χ3v) is 6.91. The van der Waals surface area contributed by atoms with E-state index in [0.29, 0.717) is 23.3 Å². The van der Waals surface area contributed by atoms with Crippen LogP contribution < -0.4 is 5.32 Å². The lowest BCUT2D eigenvalue weighted by Gasteiger charge is -2.28. The van der Waals surface area contributed by atoms with Gasteiger partial charge in [-0.15, -0.1) is 5.10 Å². The maximum absolute atomic E-state index is 12.7. The van der Waals surface area contributed by atoms with Crippen LogP contribution >= 0.6 is 11.8 Å². The molecule has 0 unspecified atom stereocenters. The second-order valence-electron chi connectivity index (χ2n) is 7.94. The van der Waals surface area contributed by atoms with Gasteiger partial charge in [0.2, 0.25) is 11.1 Å². The number of aromatic nitrogens is 4. The van der Waals surface area contributed by atoms with Crippen molar-refractivity contribution in [3.63, 3.8) is 0 Å². The predicted octanol–water partition coefficient (Wildman–Crippen LogP) is 2.95. The summed E-state index contributed by atoms with van der Waals surface area (Å²) in [4.78, 5) is 21.6. The van der Waals surface area contributed by atoms with Crippen molar-refractivity contribution in [2.45, 2.75) is 64.1 Å². The molecule has 0 spiro atoms. The largest absolute Gasteiger partial charge is 0.353 e. The Bertz CT molecular complexity index is 848. The lowest BCUT2D eigenvalue weighted by atomic mass is 9.84. The molecule has 2 aliphatic rings. The van der Waals surface area contributed by atoms with E-state index in [2.05, 4.69) is 27.3 Å². The molecule has 2 aromatic rings. The second-order valence-corrected chi connectivity index (χ2v) is 8.72. The average molecular weight is 374 g/mol. The molecule has 2 aromatic heterocycles.